The van der Waals surface area contributed by atoms with Crippen molar-refractivity contribution >= 4 is 11.9 Å². The molecule has 0 heterocycles. The molecule has 96 heavy (non-hydrogen) atoms. The zero-order chi connectivity index (χ0) is 69.0. The van der Waals surface area contributed by atoms with E-state index < -0.39 is 6.10 Å². The molecule has 0 aliphatic rings. The maximum atomic E-state index is 12.4. The van der Waals surface area contributed by atoms with Gasteiger partial charge >= 0.3 is 11.9 Å². The maximum Gasteiger partial charge on any atom is 0.306 e. The predicted octanol–water partition coefficient (Wildman–Crippen LogP) is 30.4. The van der Waals surface area contributed by atoms with Crippen LogP contribution < -0.4 is 0 Å². The Morgan fingerprint density at radius 3 is 0.677 bits per heavy atom. The van der Waals surface area contributed by atoms with Crippen molar-refractivity contribution in [2.24, 2.45) is 0 Å². The largest absolute Gasteiger partial charge is 0.462 e. The van der Waals surface area contributed by atoms with Crippen molar-refractivity contribution in [3.8, 4) is 0 Å². The van der Waals surface area contributed by atoms with Crippen LogP contribution in [0.5, 0.6) is 0 Å². The van der Waals surface area contributed by atoms with E-state index in [1.165, 1.54) is 340 Å². The number of hydrogen-bond acceptors (Lipinski definition) is 5. The van der Waals surface area contributed by atoms with Crippen molar-refractivity contribution < 1.29 is 24.2 Å². The summed E-state index contributed by atoms with van der Waals surface area (Å²) in [7, 11) is 0. The van der Waals surface area contributed by atoms with E-state index in [1.807, 2.05) is 0 Å². The van der Waals surface area contributed by atoms with Crippen molar-refractivity contribution in [1.29, 1.82) is 0 Å². The van der Waals surface area contributed by atoms with E-state index in [2.05, 4.69) is 111 Å². The van der Waals surface area contributed by atoms with Crippen molar-refractivity contribution in [2.75, 3.05) is 13.2 Å². The summed E-state index contributed by atoms with van der Waals surface area (Å²) in [4.78, 5) is 24.8. The minimum absolute atomic E-state index is 0.0611. The highest BCUT2D eigenvalue weighted by Crippen LogP contribution is 2.20. The summed E-state index contributed by atoms with van der Waals surface area (Å²) < 4.78 is 10.8. The summed E-state index contributed by atoms with van der Waals surface area (Å²) in [5.74, 6) is -0.566. The number of esters is 2. The summed E-state index contributed by atoms with van der Waals surface area (Å²) in [6.45, 7) is 4.07. The van der Waals surface area contributed by atoms with Crippen molar-refractivity contribution in [3.63, 3.8) is 0 Å². The van der Waals surface area contributed by atoms with Crippen LogP contribution in [0.25, 0.3) is 0 Å². The van der Waals surface area contributed by atoms with Crippen LogP contribution in [-0.2, 0) is 19.1 Å². The smallest absolute Gasteiger partial charge is 0.306 e. The van der Waals surface area contributed by atoms with Crippen LogP contribution in [0.2, 0.25) is 0 Å². The SMILES string of the molecule is CC/C=C\C/C=C\C/C=C\C/C=C\C/C=C\C/C=C\CCCCCCCCCCCCCCCCCCCCCCCCC(=O)OC(CO)COC(=O)CCCCCCCCCCCCCCCCCCCCCCCCCCCCCCC/C=C\C/C=C\CCCCCCC. The number of ether oxygens (including phenoxy) is 2. The Balaban J connectivity index is 3.38. The van der Waals surface area contributed by atoms with Gasteiger partial charge in [0.05, 0.1) is 6.61 Å². The molecule has 0 aliphatic heterocycles. The van der Waals surface area contributed by atoms with Crippen LogP contribution in [0.3, 0.4) is 0 Å². The maximum absolute atomic E-state index is 12.4. The normalized spacial score (nSPS) is 12.7. The lowest BCUT2D eigenvalue weighted by atomic mass is 10.0. The molecule has 0 fully saturated rings. The number of hydrogen-bond donors (Lipinski definition) is 1. The lowest BCUT2D eigenvalue weighted by Crippen LogP contribution is -2.28. The standard InChI is InChI=1S/C91H164O5/c1-3-5-7-9-11-13-15-17-19-21-23-25-27-29-31-33-35-37-39-41-43-45-47-49-51-53-55-57-59-61-63-65-67-69-71-73-75-77-79-81-83-85-90(93)95-88-89(87-92)96-91(94)86-84-82-80-78-76-74-72-70-68-66-64-62-60-58-56-54-52-50-48-46-44-42-40-38-36-34-32-30-28-26-24-22-20-18-16-14-12-10-8-6-4-2/h6,8,12,14-15,17-18,20-21,23-24,26,30,32,36,38,89,92H,3-5,7,9-11,13,16,19,22,25,27-29,31,33-35,37,39-88H2,1-2H3/b8-6-,14-12-,17-15-,20-18-,23-21-,26-24-,32-30-,38-36-. The Morgan fingerprint density at radius 2 is 0.448 bits per heavy atom. The molecule has 0 aromatic heterocycles. The highest BCUT2D eigenvalue weighted by atomic mass is 16.6. The molecule has 0 aliphatic carbocycles. The third-order valence-corrected chi connectivity index (χ3v) is 19.4. The Morgan fingerprint density at radius 1 is 0.250 bits per heavy atom. The van der Waals surface area contributed by atoms with Gasteiger partial charge in [-0.15, -0.1) is 0 Å². The second-order valence-electron chi connectivity index (χ2n) is 28.9. The molecule has 0 saturated heterocycles. The number of unbranched alkanes of at least 4 members (excludes halogenated alkanes) is 56. The lowest BCUT2D eigenvalue weighted by Gasteiger charge is -2.15. The first-order chi connectivity index (χ1) is 47.6. The summed E-state index contributed by atoms with van der Waals surface area (Å²) in [6.07, 6.45) is 124. The van der Waals surface area contributed by atoms with Gasteiger partial charge in [-0.3, -0.25) is 9.59 Å². The fraction of sp³-hybridized carbons (Fsp3) is 0.802. The quantitative estimate of drug-likeness (QED) is 0.0373. The average molecular weight is 1340 g/mol. The number of carbonyl (C=O) groups is 2. The number of aliphatic hydroxyl groups is 1. The monoisotopic (exact) mass is 1340 g/mol. The highest BCUT2D eigenvalue weighted by Gasteiger charge is 2.16. The van der Waals surface area contributed by atoms with Crippen molar-refractivity contribution in [3.05, 3.63) is 97.2 Å². The van der Waals surface area contributed by atoms with Crippen LogP contribution in [-0.4, -0.2) is 36.4 Å². The molecule has 0 aromatic carbocycles. The fourth-order valence-electron chi connectivity index (χ4n) is 13.0. The zero-order valence-corrected chi connectivity index (χ0v) is 64.4. The van der Waals surface area contributed by atoms with Crippen molar-refractivity contribution in [1.82, 2.24) is 0 Å². The second-order valence-corrected chi connectivity index (χ2v) is 28.9. The van der Waals surface area contributed by atoms with Gasteiger partial charge in [-0.1, -0.05) is 439 Å². The van der Waals surface area contributed by atoms with Gasteiger partial charge in [0, 0.05) is 12.8 Å². The molecule has 1 unspecified atom stereocenters. The average Bonchev–Trinajstić information content (AvgIpc) is 3.79. The summed E-state index contributed by atoms with van der Waals surface area (Å²) in [5.41, 5.74) is 0. The molecular formula is C91H164O5. The Labute approximate surface area is 599 Å². The fourth-order valence-corrected chi connectivity index (χ4v) is 13.0. The molecule has 0 radical (unpaired) electrons. The van der Waals surface area contributed by atoms with E-state index in [1.54, 1.807) is 0 Å². The second kappa shape index (κ2) is 86.0. The number of aliphatic hydroxyl groups excluding tert-OH is 1. The Bertz CT molecular complexity index is 1760. The number of carbonyl (C=O) groups excluding carboxylic acids is 2. The Kier molecular flexibility index (Phi) is 83.2. The summed E-state index contributed by atoms with van der Waals surface area (Å²) in [5, 5.41) is 9.74. The van der Waals surface area contributed by atoms with Gasteiger partial charge < -0.3 is 14.6 Å². The van der Waals surface area contributed by atoms with Crippen LogP contribution in [0, 0.1) is 0 Å². The minimum atomic E-state index is -0.774. The number of allylic oxidation sites excluding steroid dienone is 16. The predicted molar refractivity (Wildman–Crippen MR) is 426 cm³/mol. The first-order valence-electron chi connectivity index (χ1n) is 42.8. The van der Waals surface area contributed by atoms with E-state index in [0.29, 0.717) is 12.8 Å². The molecular weight excluding hydrogens is 1170 g/mol. The van der Waals surface area contributed by atoms with Gasteiger partial charge in [-0.2, -0.15) is 0 Å². The van der Waals surface area contributed by atoms with Crippen LogP contribution >= 0.6 is 0 Å². The molecule has 5 heteroatoms. The molecule has 0 bridgehead atoms. The summed E-state index contributed by atoms with van der Waals surface area (Å²) >= 11 is 0. The first-order valence-corrected chi connectivity index (χ1v) is 42.8. The minimum Gasteiger partial charge on any atom is -0.462 e. The van der Waals surface area contributed by atoms with E-state index in [4.69, 9.17) is 9.47 Å². The third kappa shape index (κ3) is 83.2. The van der Waals surface area contributed by atoms with Crippen LogP contribution in [0.15, 0.2) is 97.2 Å². The molecule has 0 rings (SSSR count). The van der Waals surface area contributed by atoms with Gasteiger partial charge in [0.25, 0.3) is 0 Å². The number of rotatable bonds is 80. The lowest BCUT2D eigenvalue weighted by molar-refractivity contribution is -0.161. The Hall–Kier alpha value is -3.18. The molecule has 558 valence electrons. The van der Waals surface area contributed by atoms with E-state index in [9.17, 15) is 14.7 Å². The van der Waals surface area contributed by atoms with Crippen LogP contribution in [0.1, 0.15) is 450 Å². The van der Waals surface area contributed by atoms with Gasteiger partial charge in [0.2, 0.25) is 0 Å². The topological polar surface area (TPSA) is 72.8 Å². The molecule has 0 spiro atoms. The first kappa shape index (κ1) is 92.8. The van der Waals surface area contributed by atoms with Crippen LogP contribution in [0.4, 0.5) is 0 Å². The third-order valence-electron chi connectivity index (χ3n) is 19.4. The molecule has 0 saturated carbocycles. The van der Waals surface area contributed by atoms with E-state index in [0.717, 1.165) is 83.5 Å². The molecule has 1 N–H and O–H groups in total. The highest BCUT2D eigenvalue weighted by molar-refractivity contribution is 5.70. The molecule has 0 amide bonds. The van der Waals surface area contributed by atoms with Crippen molar-refractivity contribution in [2.45, 2.75) is 457 Å². The van der Waals surface area contributed by atoms with Gasteiger partial charge in [0.1, 0.15) is 6.61 Å². The van der Waals surface area contributed by atoms with Gasteiger partial charge in [-0.25, -0.2) is 0 Å². The van der Waals surface area contributed by atoms with Gasteiger partial charge in [0.15, 0.2) is 6.10 Å². The molecule has 5 nitrogen and oxygen atoms in total. The zero-order valence-electron chi connectivity index (χ0n) is 64.4. The molecule has 1 atom stereocenters. The molecule has 0 aromatic rings. The van der Waals surface area contributed by atoms with E-state index in [-0.39, 0.29) is 25.2 Å². The van der Waals surface area contributed by atoms with Gasteiger partial charge in [-0.05, 0) is 96.3 Å². The summed E-state index contributed by atoms with van der Waals surface area (Å²) in [6, 6.07) is 0. The van der Waals surface area contributed by atoms with E-state index >= 15 is 0 Å².